The number of carbonyl (C=O) groups excluding carboxylic acids is 1. The summed E-state index contributed by atoms with van der Waals surface area (Å²) < 4.78 is 30.7. The molecule has 1 unspecified atom stereocenters. The molecular formula is C24H28N6O4S. The van der Waals surface area contributed by atoms with Crippen molar-refractivity contribution in [2.75, 3.05) is 44.4 Å². The van der Waals surface area contributed by atoms with Crippen molar-refractivity contribution in [2.45, 2.75) is 24.9 Å². The fourth-order valence-electron chi connectivity index (χ4n) is 4.56. The summed E-state index contributed by atoms with van der Waals surface area (Å²) in [5.41, 5.74) is 4.34. The third-order valence-electron chi connectivity index (χ3n) is 6.53. The molecule has 3 aromatic rings. The van der Waals surface area contributed by atoms with E-state index in [0.29, 0.717) is 43.4 Å². The maximum atomic E-state index is 11.8. The Bertz CT molecular complexity index is 1310. The number of pyridine rings is 1. The molecular weight excluding hydrogens is 468 g/mol. The van der Waals surface area contributed by atoms with Crippen LogP contribution in [0.15, 0.2) is 42.7 Å². The zero-order valence-electron chi connectivity index (χ0n) is 19.5. The van der Waals surface area contributed by atoms with E-state index >= 15 is 0 Å². The van der Waals surface area contributed by atoms with Crippen LogP contribution >= 0.6 is 0 Å². The molecule has 0 aliphatic carbocycles. The second-order valence-electron chi connectivity index (χ2n) is 8.96. The van der Waals surface area contributed by atoms with Gasteiger partial charge in [-0.3, -0.25) is 9.78 Å². The number of amides is 1. The molecule has 10 nitrogen and oxygen atoms in total. The van der Waals surface area contributed by atoms with Crippen LogP contribution in [0, 0.1) is 0 Å². The van der Waals surface area contributed by atoms with Gasteiger partial charge in [0.15, 0.2) is 5.82 Å². The highest BCUT2D eigenvalue weighted by molar-refractivity contribution is 7.88. The second-order valence-corrected chi connectivity index (χ2v) is 10.9. The highest BCUT2D eigenvalue weighted by atomic mass is 32.2. The molecule has 0 radical (unpaired) electrons. The highest BCUT2D eigenvalue weighted by Crippen LogP contribution is 2.31. The number of sulfonamides is 1. The van der Waals surface area contributed by atoms with E-state index < -0.39 is 10.0 Å². The van der Waals surface area contributed by atoms with Crippen molar-refractivity contribution in [1.29, 1.82) is 0 Å². The molecule has 2 aliphatic rings. The normalized spacial score (nSPS) is 20.0. The molecule has 1 amide bonds. The van der Waals surface area contributed by atoms with Crippen molar-refractivity contribution in [2.24, 2.45) is 0 Å². The van der Waals surface area contributed by atoms with Gasteiger partial charge in [0.2, 0.25) is 15.9 Å². The molecule has 2 aromatic heterocycles. The van der Waals surface area contributed by atoms with E-state index in [1.54, 1.807) is 16.7 Å². The van der Waals surface area contributed by atoms with Gasteiger partial charge in [-0.05, 0) is 30.4 Å². The Labute approximate surface area is 204 Å². The lowest BCUT2D eigenvalue weighted by molar-refractivity contribution is -0.132. The molecule has 0 saturated carbocycles. The van der Waals surface area contributed by atoms with E-state index in [2.05, 4.69) is 32.7 Å². The fraction of sp³-hybridized carbons (Fsp3) is 0.417. The molecule has 35 heavy (non-hydrogen) atoms. The fourth-order valence-corrected chi connectivity index (χ4v) is 5.44. The maximum Gasteiger partial charge on any atom is 0.246 e. The van der Waals surface area contributed by atoms with Gasteiger partial charge in [0.25, 0.3) is 0 Å². The van der Waals surface area contributed by atoms with Gasteiger partial charge in [0.05, 0.1) is 23.6 Å². The van der Waals surface area contributed by atoms with Crippen LogP contribution in [0.5, 0.6) is 0 Å². The Kier molecular flexibility index (Phi) is 6.63. The summed E-state index contributed by atoms with van der Waals surface area (Å²) in [6.07, 6.45) is 6.03. The number of nitrogens with one attached hydrogen (secondary N) is 2. The molecule has 0 spiro atoms. The van der Waals surface area contributed by atoms with Crippen molar-refractivity contribution < 1.29 is 17.9 Å². The van der Waals surface area contributed by atoms with Crippen LogP contribution in [0.1, 0.15) is 24.3 Å². The average Bonchev–Trinajstić information content (AvgIpc) is 2.88. The minimum absolute atomic E-state index is 0.0556. The van der Waals surface area contributed by atoms with Gasteiger partial charge in [-0.15, -0.1) is 0 Å². The molecule has 1 aromatic carbocycles. The number of carbonyl (C=O) groups is 1. The Morgan fingerprint density at radius 2 is 1.89 bits per heavy atom. The highest BCUT2D eigenvalue weighted by Gasteiger charge is 2.26. The number of hydrogen-bond acceptors (Lipinski definition) is 8. The standard InChI is InChI=1S/C24H28N6O4S/c1-35(32,33)30-10-6-17(7-11-30)16-2-4-18(5-3-16)20-12-21-23(26-9-8-25-21)24(29-20)28-14-19-13-27-22(31)15-34-19/h2-5,8-9,12,17,19H,6-7,10-11,13-15H2,1H3,(H,27,31)(H,28,29). The van der Waals surface area contributed by atoms with E-state index in [-0.39, 0.29) is 18.6 Å². The summed E-state index contributed by atoms with van der Waals surface area (Å²) in [5, 5.41) is 6.12. The lowest BCUT2D eigenvalue weighted by Gasteiger charge is -2.30. The van der Waals surface area contributed by atoms with Gasteiger partial charge in [-0.1, -0.05) is 24.3 Å². The minimum atomic E-state index is -3.13. The first-order valence-electron chi connectivity index (χ1n) is 11.7. The Hall–Kier alpha value is -3.15. The third kappa shape index (κ3) is 5.42. The van der Waals surface area contributed by atoms with Gasteiger partial charge >= 0.3 is 0 Å². The molecule has 184 valence electrons. The lowest BCUT2D eigenvalue weighted by atomic mass is 9.89. The van der Waals surface area contributed by atoms with Crippen LogP contribution in [-0.2, 0) is 19.6 Å². The van der Waals surface area contributed by atoms with Crippen molar-refractivity contribution in [3.05, 3.63) is 48.3 Å². The minimum Gasteiger partial charge on any atom is -0.366 e. The number of hydrogen-bond donors (Lipinski definition) is 2. The first-order chi connectivity index (χ1) is 16.9. The van der Waals surface area contributed by atoms with E-state index in [9.17, 15) is 13.2 Å². The van der Waals surface area contributed by atoms with Crippen LogP contribution in [0.25, 0.3) is 22.3 Å². The Morgan fingerprint density at radius 1 is 1.14 bits per heavy atom. The quantitative estimate of drug-likeness (QED) is 0.529. The lowest BCUT2D eigenvalue weighted by Crippen LogP contribution is -2.45. The second kappa shape index (κ2) is 9.84. The summed E-state index contributed by atoms with van der Waals surface area (Å²) in [7, 11) is -3.13. The predicted molar refractivity (Wildman–Crippen MR) is 132 cm³/mol. The van der Waals surface area contributed by atoms with E-state index in [1.807, 2.05) is 18.2 Å². The van der Waals surface area contributed by atoms with Gasteiger partial charge in [-0.2, -0.15) is 0 Å². The molecule has 1 atom stereocenters. The van der Waals surface area contributed by atoms with Crippen LogP contribution in [-0.4, -0.2) is 78.7 Å². The molecule has 11 heteroatoms. The topological polar surface area (TPSA) is 126 Å². The van der Waals surface area contributed by atoms with Crippen LogP contribution in [0.3, 0.4) is 0 Å². The van der Waals surface area contributed by atoms with Crippen molar-refractivity contribution >= 4 is 32.8 Å². The zero-order valence-corrected chi connectivity index (χ0v) is 20.3. The number of piperidine rings is 1. The number of ether oxygens (including phenoxy) is 1. The van der Waals surface area contributed by atoms with Gasteiger partial charge < -0.3 is 15.4 Å². The molecule has 5 rings (SSSR count). The van der Waals surface area contributed by atoms with Crippen molar-refractivity contribution in [1.82, 2.24) is 24.6 Å². The van der Waals surface area contributed by atoms with Gasteiger partial charge in [-0.25, -0.2) is 22.7 Å². The molecule has 2 aliphatic heterocycles. The smallest absolute Gasteiger partial charge is 0.246 e. The third-order valence-corrected chi connectivity index (χ3v) is 7.83. The summed E-state index contributed by atoms with van der Waals surface area (Å²) in [6, 6.07) is 10.2. The molecule has 0 bridgehead atoms. The molecule has 2 N–H and O–H groups in total. The number of nitrogens with zero attached hydrogens (tertiary/aromatic N) is 4. The summed E-state index contributed by atoms with van der Waals surface area (Å²) >= 11 is 0. The van der Waals surface area contributed by atoms with E-state index in [1.165, 1.54) is 11.8 Å². The van der Waals surface area contributed by atoms with Crippen LogP contribution in [0.4, 0.5) is 5.82 Å². The molecule has 2 fully saturated rings. The largest absolute Gasteiger partial charge is 0.366 e. The van der Waals surface area contributed by atoms with E-state index in [4.69, 9.17) is 9.72 Å². The summed E-state index contributed by atoms with van der Waals surface area (Å²) in [6.45, 7) is 2.09. The first kappa shape index (κ1) is 23.6. The average molecular weight is 497 g/mol. The number of fused-ring (bicyclic) bond motifs is 1. The number of rotatable bonds is 6. The van der Waals surface area contributed by atoms with Crippen LogP contribution < -0.4 is 10.6 Å². The Balaban J connectivity index is 1.33. The number of anilines is 1. The predicted octanol–water partition coefficient (Wildman–Crippen LogP) is 1.76. The number of benzene rings is 1. The summed E-state index contributed by atoms with van der Waals surface area (Å²) in [4.78, 5) is 25.1. The van der Waals surface area contributed by atoms with Crippen molar-refractivity contribution in [3.63, 3.8) is 0 Å². The van der Waals surface area contributed by atoms with Gasteiger partial charge in [0, 0.05) is 44.1 Å². The van der Waals surface area contributed by atoms with Crippen LogP contribution in [0.2, 0.25) is 0 Å². The molecule has 2 saturated heterocycles. The zero-order chi connectivity index (χ0) is 24.4. The number of aromatic nitrogens is 3. The SMILES string of the molecule is CS(=O)(=O)N1CCC(c2ccc(-c3cc4nccnc4c(NCC4CNC(=O)CO4)n3)cc2)CC1. The first-order valence-corrected chi connectivity index (χ1v) is 13.5. The van der Waals surface area contributed by atoms with Crippen molar-refractivity contribution in [3.8, 4) is 11.3 Å². The monoisotopic (exact) mass is 496 g/mol. The Morgan fingerprint density at radius 3 is 2.57 bits per heavy atom. The summed E-state index contributed by atoms with van der Waals surface area (Å²) in [5.74, 6) is 0.844. The maximum absolute atomic E-state index is 11.8. The molecule has 4 heterocycles. The number of morpholine rings is 1. The van der Waals surface area contributed by atoms with E-state index in [0.717, 1.165) is 29.6 Å². The van der Waals surface area contributed by atoms with Gasteiger partial charge in [0.1, 0.15) is 12.1 Å².